The number of anilines is 1. The van der Waals surface area contributed by atoms with E-state index in [1.807, 2.05) is 12.1 Å². The van der Waals surface area contributed by atoms with Crippen molar-refractivity contribution in [2.45, 2.75) is 4.90 Å². The number of nitriles is 2. The fourth-order valence-electron chi connectivity index (χ4n) is 2.05. The molecule has 12 heteroatoms. The molecule has 0 atom stereocenters. The Morgan fingerprint density at radius 2 is 1.86 bits per heavy atom. The molecule has 2 aromatic carbocycles. The topological polar surface area (TPSA) is 129 Å². The summed E-state index contributed by atoms with van der Waals surface area (Å²) in [7, 11) is -4.11. The molecule has 140 valence electrons. The van der Waals surface area contributed by atoms with Crippen molar-refractivity contribution in [2.75, 3.05) is 4.72 Å². The molecule has 0 radical (unpaired) electrons. The number of ether oxygens (including phenoxy) is 1. The average molecular weight is 436 g/mol. The Balaban J connectivity index is 1.89. The van der Waals surface area contributed by atoms with E-state index in [9.17, 15) is 18.1 Å². The fraction of sp³-hybridized carbons (Fsp3) is 0. The molecule has 3 aromatic rings. The lowest BCUT2D eigenvalue weighted by molar-refractivity contribution is 0.480. The minimum Gasteiger partial charge on any atom is -0.456 e. The molecule has 1 heterocycles. The Bertz CT molecular complexity index is 1250. The molecule has 0 aliphatic carbocycles. The molecule has 1 aromatic heterocycles. The summed E-state index contributed by atoms with van der Waals surface area (Å²) in [6.07, 6.45) is 0. The highest BCUT2D eigenvalue weighted by Gasteiger charge is 2.19. The van der Waals surface area contributed by atoms with Gasteiger partial charge in [-0.25, -0.2) is 8.42 Å². The van der Waals surface area contributed by atoms with Crippen LogP contribution in [0.15, 0.2) is 41.3 Å². The van der Waals surface area contributed by atoms with Crippen LogP contribution in [0, 0.1) is 27.9 Å². The first-order chi connectivity index (χ1) is 13.3. The number of aromatic nitrogens is 2. The van der Waals surface area contributed by atoms with E-state index in [0.29, 0.717) is 11.3 Å². The standard InChI is InChI=1S/C16H7ClFN5O3S2/c17-13-6-11(2-1-9(13)7-19)26-14-4-3-12(5-10(14)8-20)28(24,25)23-16-22-21-15(18)27-16/h1-6H,(H,22,23). The van der Waals surface area contributed by atoms with Crippen LogP contribution in [0.5, 0.6) is 11.5 Å². The van der Waals surface area contributed by atoms with Crippen LogP contribution in [-0.2, 0) is 10.0 Å². The SMILES string of the molecule is N#Cc1ccc(Oc2ccc(S(=O)(=O)Nc3nnc(F)s3)cc2C#N)cc1Cl. The van der Waals surface area contributed by atoms with Crippen LogP contribution in [0.4, 0.5) is 9.52 Å². The fourth-order valence-corrected chi connectivity index (χ4v) is 3.99. The van der Waals surface area contributed by atoms with E-state index in [0.717, 1.165) is 6.07 Å². The summed E-state index contributed by atoms with van der Waals surface area (Å²) in [4.78, 5) is -0.245. The first kappa shape index (κ1) is 19.5. The van der Waals surface area contributed by atoms with Crippen molar-refractivity contribution in [1.29, 1.82) is 10.5 Å². The maximum Gasteiger partial charge on any atom is 0.291 e. The Morgan fingerprint density at radius 3 is 2.46 bits per heavy atom. The molecule has 8 nitrogen and oxygen atoms in total. The van der Waals surface area contributed by atoms with Gasteiger partial charge in [0.2, 0.25) is 5.13 Å². The third-order valence-electron chi connectivity index (χ3n) is 3.29. The summed E-state index contributed by atoms with van der Waals surface area (Å²) < 4.78 is 45.3. The smallest absolute Gasteiger partial charge is 0.291 e. The molecule has 28 heavy (non-hydrogen) atoms. The highest BCUT2D eigenvalue weighted by Crippen LogP contribution is 2.30. The first-order valence-corrected chi connectivity index (χ1v) is 9.93. The van der Waals surface area contributed by atoms with Gasteiger partial charge in [-0.1, -0.05) is 11.6 Å². The van der Waals surface area contributed by atoms with Gasteiger partial charge in [0.15, 0.2) is 0 Å². The van der Waals surface area contributed by atoms with Crippen molar-refractivity contribution >= 4 is 38.1 Å². The predicted molar refractivity (Wildman–Crippen MR) is 98.1 cm³/mol. The molecule has 0 amide bonds. The van der Waals surface area contributed by atoms with Crippen LogP contribution in [0.1, 0.15) is 11.1 Å². The van der Waals surface area contributed by atoms with Gasteiger partial charge in [-0.15, -0.1) is 10.2 Å². The van der Waals surface area contributed by atoms with Crippen molar-refractivity contribution in [3.63, 3.8) is 0 Å². The Morgan fingerprint density at radius 1 is 1.11 bits per heavy atom. The summed E-state index contributed by atoms with van der Waals surface area (Å²) >= 11 is 6.37. The van der Waals surface area contributed by atoms with Gasteiger partial charge in [-0.05, 0) is 41.7 Å². The number of rotatable bonds is 5. The predicted octanol–water partition coefficient (Wildman–Crippen LogP) is 3.67. The molecule has 0 saturated heterocycles. The lowest BCUT2D eigenvalue weighted by Crippen LogP contribution is -2.13. The summed E-state index contributed by atoms with van der Waals surface area (Å²) in [5, 5.41) is 23.7. The van der Waals surface area contributed by atoms with Gasteiger partial charge in [0.05, 0.1) is 21.0 Å². The second kappa shape index (κ2) is 7.78. The summed E-state index contributed by atoms with van der Waals surface area (Å²) in [6, 6.07) is 11.7. The average Bonchev–Trinajstić information content (AvgIpc) is 3.06. The van der Waals surface area contributed by atoms with E-state index in [-0.39, 0.29) is 37.7 Å². The van der Waals surface area contributed by atoms with Crippen molar-refractivity contribution in [1.82, 2.24) is 10.2 Å². The molecule has 0 saturated carbocycles. The zero-order chi connectivity index (χ0) is 20.3. The molecule has 0 unspecified atom stereocenters. The van der Waals surface area contributed by atoms with Gasteiger partial charge in [-0.2, -0.15) is 14.9 Å². The van der Waals surface area contributed by atoms with Crippen molar-refractivity contribution in [3.8, 4) is 23.6 Å². The minimum absolute atomic E-state index is 0.0631. The van der Waals surface area contributed by atoms with Crippen LogP contribution in [-0.4, -0.2) is 18.6 Å². The van der Waals surface area contributed by atoms with Gasteiger partial charge in [0.1, 0.15) is 23.6 Å². The number of sulfonamides is 1. The molecule has 0 bridgehead atoms. The van der Waals surface area contributed by atoms with Gasteiger partial charge >= 0.3 is 0 Å². The van der Waals surface area contributed by atoms with E-state index in [4.69, 9.17) is 21.6 Å². The van der Waals surface area contributed by atoms with Gasteiger partial charge in [-0.3, -0.25) is 4.72 Å². The monoisotopic (exact) mass is 435 g/mol. The molecule has 1 N–H and O–H groups in total. The minimum atomic E-state index is -4.11. The zero-order valence-electron chi connectivity index (χ0n) is 13.6. The molecule has 0 spiro atoms. The van der Waals surface area contributed by atoms with E-state index < -0.39 is 15.3 Å². The number of nitrogens with one attached hydrogen (secondary N) is 1. The molecule has 0 aliphatic rings. The third kappa shape index (κ3) is 4.18. The van der Waals surface area contributed by atoms with Gasteiger partial charge < -0.3 is 4.74 Å². The Labute approximate surface area is 167 Å². The van der Waals surface area contributed by atoms with E-state index >= 15 is 0 Å². The number of benzene rings is 2. The van der Waals surface area contributed by atoms with E-state index in [1.54, 1.807) is 0 Å². The van der Waals surface area contributed by atoms with E-state index in [2.05, 4.69) is 14.9 Å². The second-order valence-electron chi connectivity index (χ2n) is 5.09. The summed E-state index contributed by atoms with van der Waals surface area (Å²) in [5.41, 5.74) is 0.196. The van der Waals surface area contributed by atoms with Crippen molar-refractivity contribution in [3.05, 3.63) is 57.8 Å². The molecule has 3 rings (SSSR count). The van der Waals surface area contributed by atoms with Crippen molar-refractivity contribution in [2.24, 2.45) is 0 Å². The normalized spacial score (nSPS) is 10.7. The van der Waals surface area contributed by atoms with Crippen LogP contribution in [0.2, 0.25) is 5.02 Å². The lowest BCUT2D eigenvalue weighted by atomic mass is 10.2. The number of halogens is 2. The van der Waals surface area contributed by atoms with E-state index in [1.165, 1.54) is 30.3 Å². The lowest BCUT2D eigenvalue weighted by Gasteiger charge is -2.10. The van der Waals surface area contributed by atoms with Crippen LogP contribution >= 0.6 is 22.9 Å². The highest BCUT2D eigenvalue weighted by molar-refractivity contribution is 7.93. The van der Waals surface area contributed by atoms with Gasteiger partial charge in [0.25, 0.3) is 15.3 Å². The quantitative estimate of drug-likeness (QED) is 0.647. The molecular weight excluding hydrogens is 429 g/mol. The molecular formula is C16H7ClFN5O3S2. The largest absolute Gasteiger partial charge is 0.456 e. The number of nitrogens with zero attached hydrogens (tertiary/aromatic N) is 4. The zero-order valence-corrected chi connectivity index (χ0v) is 15.9. The van der Waals surface area contributed by atoms with Gasteiger partial charge in [0, 0.05) is 6.07 Å². The molecule has 0 fully saturated rings. The highest BCUT2D eigenvalue weighted by atomic mass is 35.5. The maximum atomic E-state index is 12.9. The second-order valence-corrected chi connectivity index (χ2v) is 8.11. The van der Waals surface area contributed by atoms with Crippen LogP contribution in [0.25, 0.3) is 0 Å². The maximum absolute atomic E-state index is 12.9. The Hall–Kier alpha value is -3.25. The first-order valence-electron chi connectivity index (χ1n) is 7.26. The summed E-state index contributed by atoms with van der Waals surface area (Å²) in [5.74, 6) is 0.350. The number of hydrogen-bond acceptors (Lipinski definition) is 8. The summed E-state index contributed by atoms with van der Waals surface area (Å²) in [6.45, 7) is 0. The van der Waals surface area contributed by atoms with Crippen molar-refractivity contribution < 1.29 is 17.5 Å². The molecule has 0 aliphatic heterocycles. The van der Waals surface area contributed by atoms with Crippen LogP contribution < -0.4 is 9.46 Å². The van der Waals surface area contributed by atoms with Crippen LogP contribution in [0.3, 0.4) is 0 Å². The number of hydrogen-bond donors (Lipinski definition) is 1. The third-order valence-corrected chi connectivity index (χ3v) is 5.70. The Kier molecular flexibility index (Phi) is 5.42.